The first kappa shape index (κ1) is 36.1. The van der Waals surface area contributed by atoms with Crippen LogP contribution >= 0.6 is 0 Å². The van der Waals surface area contributed by atoms with Crippen molar-refractivity contribution in [2.45, 2.75) is 69.5 Å². The number of aromatic nitrogens is 2. The van der Waals surface area contributed by atoms with Gasteiger partial charge in [0.2, 0.25) is 11.8 Å². The fourth-order valence-electron chi connectivity index (χ4n) is 9.93. The average molecular weight is 748 g/mol. The highest BCUT2D eigenvalue weighted by Gasteiger charge is 2.40. The smallest absolute Gasteiger partial charge is 0.255 e. The van der Waals surface area contributed by atoms with Crippen LogP contribution < -0.4 is 15.5 Å². The number of benzene rings is 2. The molecule has 0 radical (unpaired) electrons. The van der Waals surface area contributed by atoms with Gasteiger partial charge in [0.05, 0.1) is 17.4 Å². The summed E-state index contributed by atoms with van der Waals surface area (Å²) in [4.78, 5) is 49.5. The summed E-state index contributed by atoms with van der Waals surface area (Å²) in [5.41, 5.74) is 5.43. The first-order valence-corrected chi connectivity index (χ1v) is 20.5. The van der Waals surface area contributed by atoms with Crippen LogP contribution in [0.4, 0.5) is 11.5 Å². The summed E-state index contributed by atoms with van der Waals surface area (Å²) in [6.07, 6.45) is 6.60. The van der Waals surface area contributed by atoms with Gasteiger partial charge in [-0.15, -0.1) is 10.2 Å². The first-order valence-electron chi connectivity index (χ1n) is 20.5. The van der Waals surface area contributed by atoms with Crippen LogP contribution in [0.2, 0.25) is 0 Å². The molecule has 4 fully saturated rings. The Morgan fingerprint density at radius 2 is 1.56 bits per heavy atom. The maximum Gasteiger partial charge on any atom is 0.255 e. The van der Waals surface area contributed by atoms with Gasteiger partial charge in [0.15, 0.2) is 5.82 Å². The molecule has 3 amide bonds. The number of piperazine rings is 1. The number of aromatic hydroxyl groups is 1. The average Bonchev–Trinajstić information content (AvgIpc) is 3.53. The number of carbonyl (C=O) groups excluding carboxylic acids is 3. The first-order chi connectivity index (χ1) is 26.9. The van der Waals surface area contributed by atoms with Crippen LogP contribution in [0.1, 0.15) is 72.3 Å². The van der Waals surface area contributed by atoms with Gasteiger partial charge in [-0.1, -0.05) is 24.3 Å². The molecule has 9 rings (SSSR count). The molecule has 0 bridgehead atoms. The number of imide groups is 1. The Morgan fingerprint density at radius 1 is 0.782 bits per heavy atom. The van der Waals surface area contributed by atoms with E-state index in [0.717, 1.165) is 87.2 Å². The highest BCUT2D eigenvalue weighted by Crippen LogP contribution is 2.37. The number of phenols is 1. The van der Waals surface area contributed by atoms with Crippen LogP contribution in [0.15, 0.2) is 48.5 Å². The van der Waals surface area contributed by atoms with Crippen molar-refractivity contribution in [1.29, 1.82) is 0 Å². The summed E-state index contributed by atoms with van der Waals surface area (Å²) in [5, 5.41) is 25.2. The van der Waals surface area contributed by atoms with Crippen molar-refractivity contribution in [3.8, 4) is 17.0 Å². The van der Waals surface area contributed by atoms with E-state index in [1.165, 1.54) is 51.0 Å². The van der Waals surface area contributed by atoms with Crippen molar-refractivity contribution < 1.29 is 19.5 Å². The van der Waals surface area contributed by atoms with Crippen LogP contribution in [0.3, 0.4) is 0 Å². The number of piperidine rings is 3. The lowest BCUT2D eigenvalue weighted by molar-refractivity contribution is -0.136. The van der Waals surface area contributed by atoms with E-state index >= 15 is 0 Å². The van der Waals surface area contributed by atoms with E-state index in [4.69, 9.17) is 0 Å². The number of carbonyl (C=O) groups is 3. The number of anilines is 2. The summed E-state index contributed by atoms with van der Waals surface area (Å²) in [5.74, 6) is 1.55. The van der Waals surface area contributed by atoms with Crippen LogP contribution in [0, 0.1) is 5.92 Å². The summed E-state index contributed by atoms with van der Waals surface area (Å²) >= 11 is 0. The number of nitrogens with one attached hydrogen (secondary N) is 2. The van der Waals surface area contributed by atoms with Crippen molar-refractivity contribution in [3.63, 3.8) is 0 Å². The maximum absolute atomic E-state index is 13.3. The predicted octanol–water partition coefficient (Wildman–Crippen LogP) is 3.51. The zero-order chi connectivity index (χ0) is 37.5. The molecule has 6 aliphatic heterocycles. The predicted molar refractivity (Wildman–Crippen MR) is 210 cm³/mol. The number of hydrogen-bond donors (Lipinski definition) is 3. The van der Waals surface area contributed by atoms with Gasteiger partial charge in [-0.2, -0.15) is 0 Å². The quantitative estimate of drug-likeness (QED) is 0.278. The zero-order valence-corrected chi connectivity index (χ0v) is 31.7. The minimum Gasteiger partial charge on any atom is -0.507 e. The SMILES string of the molecule is O=C1CCC(N2Cc3ccc(C4CCN(CCCN5CCC(CN6CCN7c8cc(-c9ccccc9O)nnc8NC[C@H]7C6)CC5)CC4)cc3C2=O)C(=O)N1. The van der Waals surface area contributed by atoms with Gasteiger partial charge in [0.25, 0.3) is 5.91 Å². The lowest BCUT2D eigenvalue weighted by Crippen LogP contribution is -2.58. The van der Waals surface area contributed by atoms with Gasteiger partial charge >= 0.3 is 0 Å². The van der Waals surface area contributed by atoms with E-state index in [1.807, 2.05) is 18.2 Å². The lowest BCUT2D eigenvalue weighted by Gasteiger charge is -2.47. The molecule has 6 aliphatic rings. The van der Waals surface area contributed by atoms with E-state index in [2.05, 4.69) is 64.7 Å². The van der Waals surface area contributed by atoms with Crippen LogP contribution in [-0.2, 0) is 16.1 Å². The van der Waals surface area contributed by atoms with Gasteiger partial charge in [0.1, 0.15) is 11.8 Å². The Balaban J connectivity index is 0.685. The van der Waals surface area contributed by atoms with E-state index in [9.17, 15) is 19.5 Å². The molecule has 1 aromatic heterocycles. The van der Waals surface area contributed by atoms with E-state index in [0.29, 0.717) is 36.2 Å². The molecular formula is C42H53N9O4. The fourth-order valence-corrected chi connectivity index (χ4v) is 9.93. The molecule has 13 nitrogen and oxygen atoms in total. The molecule has 0 aliphatic carbocycles. The molecule has 3 aromatic rings. The van der Waals surface area contributed by atoms with Gasteiger partial charge in [-0.05, 0) is 125 Å². The highest BCUT2D eigenvalue weighted by molar-refractivity contribution is 6.05. The third-order valence-corrected chi connectivity index (χ3v) is 13.1. The molecule has 55 heavy (non-hydrogen) atoms. The summed E-state index contributed by atoms with van der Waals surface area (Å²) in [7, 11) is 0. The van der Waals surface area contributed by atoms with Gasteiger partial charge in [0, 0.05) is 56.8 Å². The standard InChI is InChI=1S/C42H53N9O4/c52-38-5-2-1-4-33(38)35-23-37-40(46-45-35)43-24-32-27-49(20-21-50(32)37)25-28-10-16-47(17-11-28)14-3-15-48-18-12-29(13-19-48)30-6-7-31-26-51(42(55)34(31)22-30)36-8-9-39(53)44-41(36)54/h1-2,4-7,22-23,28-29,32,36,52H,3,8-21,24-27H2,(H,43,46)(H,44,53,54)/t32-,36?/m0/s1. The molecule has 7 heterocycles. The van der Waals surface area contributed by atoms with Crippen molar-refractivity contribution in [3.05, 3.63) is 65.2 Å². The third kappa shape index (κ3) is 7.53. The van der Waals surface area contributed by atoms with Crippen molar-refractivity contribution in [2.24, 2.45) is 5.92 Å². The second-order valence-electron chi connectivity index (χ2n) is 16.5. The van der Waals surface area contributed by atoms with E-state index in [1.54, 1.807) is 11.0 Å². The Labute approximate surface area is 323 Å². The largest absolute Gasteiger partial charge is 0.507 e. The Kier molecular flexibility index (Phi) is 10.2. The molecule has 0 saturated carbocycles. The molecule has 2 atom stereocenters. The zero-order valence-electron chi connectivity index (χ0n) is 31.7. The highest BCUT2D eigenvalue weighted by atomic mass is 16.3. The van der Waals surface area contributed by atoms with Crippen LogP contribution in [0.25, 0.3) is 11.3 Å². The second kappa shape index (κ2) is 15.5. The molecular weight excluding hydrogens is 695 g/mol. The van der Waals surface area contributed by atoms with Crippen molar-refractivity contribution in [1.82, 2.24) is 35.1 Å². The normalized spacial score (nSPS) is 24.3. The number of hydrogen-bond acceptors (Lipinski definition) is 11. The number of rotatable bonds is 9. The maximum atomic E-state index is 13.3. The number of amides is 3. The minimum atomic E-state index is -0.568. The Bertz CT molecular complexity index is 1920. The number of likely N-dealkylation sites (tertiary alicyclic amines) is 2. The summed E-state index contributed by atoms with van der Waals surface area (Å²) in [6.45, 7) is 12.4. The number of fused-ring (bicyclic) bond motifs is 4. The van der Waals surface area contributed by atoms with Crippen molar-refractivity contribution >= 4 is 29.2 Å². The molecule has 1 unspecified atom stereocenters. The van der Waals surface area contributed by atoms with E-state index in [-0.39, 0.29) is 29.9 Å². The Morgan fingerprint density at radius 3 is 2.35 bits per heavy atom. The summed E-state index contributed by atoms with van der Waals surface area (Å²) in [6, 6.07) is 15.5. The van der Waals surface area contributed by atoms with Crippen LogP contribution in [-0.4, -0.2) is 137 Å². The monoisotopic (exact) mass is 747 g/mol. The van der Waals surface area contributed by atoms with E-state index < -0.39 is 6.04 Å². The van der Waals surface area contributed by atoms with Crippen LogP contribution in [0.5, 0.6) is 5.75 Å². The number of phenolic OH excluding ortho intramolecular Hbond substituents is 1. The number of nitrogens with zero attached hydrogens (tertiary/aromatic N) is 7. The second-order valence-corrected chi connectivity index (χ2v) is 16.5. The van der Waals surface area contributed by atoms with Gasteiger partial charge in [-0.3, -0.25) is 24.6 Å². The molecule has 13 heteroatoms. The molecule has 4 saturated heterocycles. The van der Waals surface area contributed by atoms with Crippen molar-refractivity contribution in [2.75, 3.05) is 82.2 Å². The minimum absolute atomic E-state index is 0.0863. The fraction of sp³-hybridized carbons (Fsp3) is 0.548. The van der Waals surface area contributed by atoms with Gasteiger partial charge < -0.3 is 30.0 Å². The topological polar surface area (TPSA) is 137 Å². The number of para-hydroxylation sites is 1. The Hall–Kier alpha value is -4.59. The molecule has 2 aromatic carbocycles. The van der Waals surface area contributed by atoms with Gasteiger partial charge in [-0.25, -0.2) is 0 Å². The molecule has 290 valence electrons. The third-order valence-electron chi connectivity index (χ3n) is 13.1. The molecule has 3 N–H and O–H groups in total. The summed E-state index contributed by atoms with van der Waals surface area (Å²) < 4.78 is 0. The lowest BCUT2D eigenvalue weighted by atomic mass is 9.88. The molecule has 0 spiro atoms.